The Kier molecular flexibility index (Phi) is 15.5. The molecule has 0 bridgehead atoms. The zero-order chi connectivity index (χ0) is 27.6. The number of hydrogen-bond acceptors (Lipinski definition) is 3. The van der Waals surface area contributed by atoms with Gasteiger partial charge in [-0.15, -0.1) is 0 Å². The average molecular weight is 532 g/mol. The first-order valence-corrected chi connectivity index (χ1v) is 14.6. The third-order valence-electron chi connectivity index (χ3n) is 6.98. The van der Waals surface area contributed by atoms with Crippen LogP contribution in [-0.4, -0.2) is 17.6 Å². The Balaban J connectivity index is 1.54. The predicted molar refractivity (Wildman–Crippen MR) is 152 cm³/mol. The number of ether oxygens (including phenoxy) is 1. The van der Waals surface area contributed by atoms with E-state index in [2.05, 4.69) is 24.4 Å². The standard InChI is InChI=1S/C32H47F2NO3/c1-3-4-5-6-7-8-9-10-11-12-13-14-15-18-26-19-16-20-27(23-26)38-22-17-21-30(36)35-29-24-28(33)25(2)31(34)32(29)37/h16,19-20,23-24,37H,3-15,17-18,21-22H2,1-2H3,(H,35,36). The molecule has 0 saturated carbocycles. The van der Waals surface area contributed by atoms with E-state index in [0.29, 0.717) is 13.0 Å². The molecule has 0 aliphatic rings. The summed E-state index contributed by atoms with van der Waals surface area (Å²) >= 11 is 0. The predicted octanol–water partition coefficient (Wildman–Crippen LogP) is 9.41. The number of aryl methyl sites for hydroxylation is 1. The van der Waals surface area contributed by atoms with Crippen LogP contribution in [0, 0.1) is 18.6 Å². The van der Waals surface area contributed by atoms with E-state index in [9.17, 15) is 18.7 Å². The first kappa shape index (κ1) is 31.6. The molecule has 6 heteroatoms. The minimum Gasteiger partial charge on any atom is -0.503 e. The fraction of sp³-hybridized carbons (Fsp3) is 0.594. The van der Waals surface area contributed by atoms with Crippen LogP contribution in [0.3, 0.4) is 0 Å². The van der Waals surface area contributed by atoms with Crippen molar-refractivity contribution in [3.63, 3.8) is 0 Å². The van der Waals surface area contributed by atoms with E-state index in [1.165, 1.54) is 96.0 Å². The van der Waals surface area contributed by atoms with Gasteiger partial charge in [0.1, 0.15) is 11.6 Å². The molecule has 2 N–H and O–H groups in total. The lowest BCUT2D eigenvalue weighted by Gasteiger charge is -2.11. The van der Waals surface area contributed by atoms with Gasteiger partial charge in [-0.2, -0.15) is 0 Å². The van der Waals surface area contributed by atoms with Crippen LogP contribution in [0.25, 0.3) is 0 Å². The maximum atomic E-state index is 13.8. The second-order valence-electron chi connectivity index (χ2n) is 10.3. The third-order valence-corrected chi connectivity index (χ3v) is 6.98. The molecule has 0 aliphatic carbocycles. The van der Waals surface area contributed by atoms with E-state index >= 15 is 0 Å². The van der Waals surface area contributed by atoms with Crippen LogP contribution in [0.5, 0.6) is 11.5 Å². The van der Waals surface area contributed by atoms with Gasteiger partial charge in [0.25, 0.3) is 0 Å². The Hall–Kier alpha value is -2.63. The topological polar surface area (TPSA) is 58.6 Å². The van der Waals surface area contributed by atoms with Gasteiger partial charge in [0.05, 0.1) is 12.3 Å². The summed E-state index contributed by atoms with van der Waals surface area (Å²) in [5.41, 5.74) is 0.699. The highest BCUT2D eigenvalue weighted by atomic mass is 19.1. The molecular weight excluding hydrogens is 484 g/mol. The highest BCUT2D eigenvalue weighted by molar-refractivity contribution is 5.92. The summed E-state index contributed by atoms with van der Waals surface area (Å²) in [7, 11) is 0. The lowest BCUT2D eigenvalue weighted by Crippen LogP contribution is -2.13. The van der Waals surface area contributed by atoms with Crippen LogP contribution in [0.2, 0.25) is 0 Å². The van der Waals surface area contributed by atoms with Crippen LogP contribution < -0.4 is 10.1 Å². The molecule has 0 aliphatic heterocycles. The third kappa shape index (κ3) is 12.3. The van der Waals surface area contributed by atoms with E-state index in [1.807, 2.05) is 12.1 Å². The normalized spacial score (nSPS) is 11.1. The Morgan fingerprint density at radius 2 is 1.47 bits per heavy atom. The quantitative estimate of drug-likeness (QED) is 0.132. The summed E-state index contributed by atoms with van der Waals surface area (Å²) in [5.74, 6) is -2.31. The van der Waals surface area contributed by atoms with Crippen LogP contribution in [0.1, 0.15) is 114 Å². The minimum absolute atomic E-state index is 0.106. The number of hydrogen-bond donors (Lipinski definition) is 2. The molecule has 0 heterocycles. The molecule has 0 fully saturated rings. The fourth-order valence-electron chi connectivity index (χ4n) is 4.57. The van der Waals surface area contributed by atoms with Gasteiger partial charge < -0.3 is 15.2 Å². The van der Waals surface area contributed by atoms with Gasteiger partial charge in [0.15, 0.2) is 11.6 Å². The number of rotatable bonds is 20. The number of benzene rings is 2. The summed E-state index contributed by atoms with van der Waals surface area (Å²) in [5, 5.41) is 12.1. The zero-order valence-corrected chi connectivity index (χ0v) is 23.4. The van der Waals surface area contributed by atoms with Crippen molar-refractivity contribution in [3.8, 4) is 11.5 Å². The molecule has 4 nitrogen and oxygen atoms in total. The van der Waals surface area contributed by atoms with Crippen molar-refractivity contribution in [1.82, 2.24) is 0 Å². The van der Waals surface area contributed by atoms with Gasteiger partial charge in [0, 0.05) is 18.1 Å². The van der Waals surface area contributed by atoms with E-state index in [1.54, 1.807) is 0 Å². The number of unbranched alkanes of at least 4 members (excludes halogenated alkanes) is 12. The number of carbonyl (C=O) groups is 1. The Bertz CT molecular complexity index is 964. The maximum absolute atomic E-state index is 13.8. The Morgan fingerprint density at radius 3 is 2.11 bits per heavy atom. The van der Waals surface area contributed by atoms with Crippen LogP contribution in [0.4, 0.5) is 14.5 Å². The Morgan fingerprint density at radius 1 is 0.868 bits per heavy atom. The lowest BCUT2D eigenvalue weighted by atomic mass is 10.0. The number of nitrogens with one attached hydrogen (secondary N) is 1. The van der Waals surface area contributed by atoms with Gasteiger partial charge in [-0.25, -0.2) is 8.78 Å². The number of carbonyl (C=O) groups excluding carboxylic acids is 1. The molecule has 0 aromatic heterocycles. The maximum Gasteiger partial charge on any atom is 0.224 e. The highest BCUT2D eigenvalue weighted by Crippen LogP contribution is 2.31. The number of aromatic hydroxyl groups is 1. The molecule has 0 atom stereocenters. The molecule has 0 radical (unpaired) electrons. The molecule has 0 saturated heterocycles. The second-order valence-corrected chi connectivity index (χ2v) is 10.3. The van der Waals surface area contributed by atoms with E-state index in [-0.39, 0.29) is 17.7 Å². The molecule has 2 aromatic rings. The molecular formula is C32H47F2NO3. The molecule has 2 rings (SSSR count). The summed E-state index contributed by atoms with van der Waals surface area (Å²) < 4.78 is 33.3. The lowest BCUT2D eigenvalue weighted by molar-refractivity contribution is -0.116. The van der Waals surface area contributed by atoms with Gasteiger partial charge in [-0.05, 0) is 43.9 Å². The smallest absolute Gasteiger partial charge is 0.224 e. The van der Waals surface area contributed by atoms with Crippen molar-refractivity contribution in [2.24, 2.45) is 0 Å². The first-order chi connectivity index (χ1) is 18.4. The van der Waals surface area contributed by atoms with Crippen molar-refractivity contribution in [1.29, 1.82) is 0 Å². The molecule has 1 amide bonds. The number of phenolic OH excluding ortho intramolecular Hbond substituents is 1. The minimum atomic E-state index is -1.07. The number of anilines is 1. The summed E-state index contributed by atoms with van der Waals surface area (Å²) in [6.07, 6.45) is 19.1. The van der Waals surface area contributed by atoms with E-state index < -0.39 is 23.3 Å². The van der Waals surface area contributed by atoms with Crippen molar-refractivity contribution in [3.05, 3.63) is 53.1 Å². The van der Waals surface area contributed by atoms with Gasteiger partial charge in [-0.3, -0.25) is 4.79 Å². The van der Waals surface area contributed by atoms with Crippen molar-refractivity contribution < 1.29 is 23.4 Å². The van der Waals surface area contributed by atoms with Crippen LogP contribution in [-0.2, 0) is 11.2 Å². The zero-order valence-electron chi connectivity index (χ0n) is 23.4. The summed E-state index contributed by atoms with van der Waals surface area (Å²) in [6.45, 7) is 3.83. The van der Waals surface area contributed by atoms with Gasteiger partial charge >= 0.3 is 0 Å². The van der Waals surface area contributed by atoms with Crippen molar-refractivity contribution in [2.45, 2.75) is 117 Å². The first-order valence-electron chi connectivity index (χ1n) is 14.6. The summed E-state index contributed by atoms with van der Waals surface area (Å²) in [6, 6.07) is 8.99. The molecule has 0 unspecified atom stereocenters. The van der Waals surface area contributed by atoms with Gasteiger partial charge in [-0.1, -0.05) is 96.1 Å². The van der Waals surface area contributed by atoms with E-state index in [4.69, 9.17) is 4.74 Å². The molecule has 38 heavy (non-hydrogen) atoms. The molecule has 2 aromatic carbocycles. The number of phenols is 1. The highest BCUT2D eigenvalue weighted by Gasteiger charge is 2.16. The number of halogens is 2. The molecule has 212 valence electrons. The van der Waals surface area contributed by atoms with Crippen LogP contribution >= 0.6 is 0 Å². The van der Waals surface area contributed by atoms with Crippen molar-refractivity contribution in [2.75, 3.05) is 11.9 Å². The summed E-state index contributed by atoms with van der Waals surface area (Å²) in [4.78, 5) is 12.1. The average Bonchev–Trinajstić information content (AvgIpc) is 2.91. The van der Waals surface area contributed by atoms with Crippen LogP contribution in [0.15, 0.2) is 30.3 Å². The Labute approximate surface area is 228 Å². The number of amides is 1. The monoisotopic (exact) mass is 531 g/mol. The molecule has 0 spiro atoms. The second kappa shape index (κ2) is 18.6. The fourth-order valence-corrected chi connectivity index (χ4v) is 4.57. The van der Waals surface area contributed by atoms with Gasteiger partial charge in [0.2, 0.25) is 5.91 Å². The largest absolute Gasteiger partial charge is 0.503 e. The van der Waals surface area contributed by atoms with Crippen molar-refractivity contribution >= 4 is 11.6 Å². The van der Waals surface area contributed by atoms with E-state index in [0.717, 1.165) is 18.2 Å². The SMILES string of the molecule is CCCCCCCCCCCCCCCc1cccc(OCCCC(=O)Nc2cc(F)c(C)c(F)c2O)c1.